The second-order valence-electron chi connectivity index (χ2n) is 11.3. The lowest BCUT2D eigenvalue weighted by molar-refractivity contribution is 0.00578. The highest BCUT2D eigenvalue weighted by molar-refractivity contribution is 6.51. The zero-order valence-corrected chi connectivity index (χ0v) is 19.7. The summed E-state index contributed by atoms with van der Waals surface area (Å²) in [5, 5.41) is 9.87. The molecular formula is C25H41BO3. The predicted octanol–water partition coefficient (Wildman–Crippen LogP) is 6.17. The Morgan fingerprint density at radius 2 is 1.79 bits per heavy atom. The van der Waals surface area contributed by atoms with Crippen LogP contribution in [-0.2, 0) is 9.31 Å². The van der Waals surface area contributed by atoms with Crippen molar-refractivity contribution in [2.75, 3.05) is 0 Å². The van der Waals surface area contributed by atoms with Crippen LogP contribution >= 0.6 is 0 Å². The quantitative estimate of drug-likeness (QED) is 0.341. The Balaban J connectivity index is 1.71. The Labute approximate surface area is 178 Å². The first-order valence-corrected chi connectivity index (χ1v) is 11.6. The van der Waals surface area contributed by atoms with E-state index in [-0.39, 0.29) is 23.7 Å². The molecule has 3 rings (SSSR count). The van der Waals surface area contributed by atoms with Gasteiger partial charge in [-0.25, -0.2) is 0 Å². The lowest BCUT2D eigenvalue weighted by atomic mass is 9.64. The molecule has 2 saturated carbocycles. The zero-order chi connectivity index (χ0) is 21.5. The SMILES string of the molecule is CC(C)(O)CCCC=C=C1CC[C@H]2/C(=C/B3OC(C)(C)C(C)(C)O3)CCC[C@]12C. The van der Waals surface area contributed by atoms with Gasteiger partial charge >= 0.3 is 7.12 Å². The molecule has 3 fully saturated rings. The lowest BCUT2D eigenvalue weighted by Gasteiger charge is -2.39. The summed E-state index contributed by atoms with van der Waals surface area (Å²) in [6.45, 7) is 14.7. The third-order valence-corrected chi connectivity index (χ3v) is 7.79. The average molecular weight is 400 g/mol. The molecule has 162 valence electrons. The van der Waals surface area contributed by atoms with E-state index in [0.717, 1.165) is 32.1 Å². The maximum absolute atomic E-state index is 9.87. The van der Waals surface area contributed by atoms with Crippen LogP contribution in [0, 0.1) is 11.3 Å². The van der Waals surface area contributed by atoms with Gasteiger partial charge in [-0.2, -0.15) is 0 Å². The Morgan fingerprint density at radius 3 is 2.41 bits per heavy atom. The van der Waals surface area contributed by atoms with E-state index in [0.29, 0.717) is 5.92 Å². The van der Waals surface area contributed by atoms with E-state index in [9.17, 15) is 5.11 Å². The second-order valence-corrected chi connectivity index (χ2v) is 11.3. The van der Waals surface area contributed by atoms with Gasteiger partial charge in [-0.3, -0.25) is 0 Å². The van der Waals surface area contributed by atoms with Crippen LogP contribution in [0.3, 0.4) is 0 Å². The van der Waals surface area contributed by atoms with Crippen LogP contribution in [0.25, 0.3) is 0 Å². The van der Waals surface area contributed by atoms with Crippen LogP contribution in [0.4, 0.5) is 0 Å². The van der Waals surface area contributed by atoms with Gasteiger partial charge in [0, 0.05) is 5.41 Å². The lowest BCUT2D eigenvalue weighted by Crippen LogP contribution is -2.41. The summed E-state index contributed by atoms with van der Waals surface area (Å²) in [6, 6.07) is 0. The Hall–Kier alpha value is -0.795. The summed E-state index contributed by atoms with van der Waals surface area (Å²) in [5.74, 6) is 2.87. The Kier molecular flexibility index (Phi) is 6.34. The monoisotopic (exact) mass is 400 g/mol. The van der Waals surface area contributed by atoms with Crippen molar-refractivity contribution in [2.24, 2.45) is 11.3 Å². The van der Waals surface area contributed by atoms with E-state index in [2.05, 4.69) is 52.4 Å². The van der Waals surface area contributed by atoms with Gasteiger partial charge in [0.25, 0.3) is 0 Å². The van der Waals surface area contributed by atoms with Crippen LogP contribution in [0.2, 0.25) is 0 Å². The molecular weight excluding hydrogens is 359 g/mol. The van der Waals surface area contributed by atoms with Gasteiger partial charge in [-0.05, 0) is 110 Å². The molecule has 0 aromatic rings. The van der Waals surface area contributed by atoms with Gasteiger partial charge in [0.15, 0.2) is 0 Å². The smallest absolute Gasteiger partial charge is 0.400 e. The van der Waals surface area contributed by atoms with Gasteiger partial charge in [0.05, 0.1) is 16.8 Å². The molecule has 1 saturated heterocycles. The van der Waals surface area contributed by atoms with E-state index in [1.807, 2.05) is 13.8 Å². The second kappa shape index (κ2) is 8.04. The Morgan fingerprint density at radius 1 is 1.14 bits per heavy atom. The molecule has 29 heavy (non-hydrogen) atoms. The van der Waals surface area contributed by atoms with Gasteiger partial charge < -0.3 is 14.4 Å². The summed E-state index contributed by atoms with van der Waals surface area (Å²) >= 11 is 0. The first-order valence-electron chi connectivity index (χ1n) is 11.6. The van der Waals surface area contributed by atoms with E-state index in [1.54, 1.807) is 0 Å². The molecule has 0 spiro atoms. The minimum atomic E-state index is -0.567. The van der Waals surface area contributed by atoms with Crippen LogP contribution in [0.5, 0.6) is 0 Å². The highest BCUT2D eigenvalue weighted by Gasteiger charge is 2.52. The number of allylic oxidation sites excluding steroid dienone is 2. The van der Waals surface area contributed by atoms with Gasteiger partial charge in [0.2, 0.25) is 0 Å². The molecule has 0 aromatic carbocycles. The topological polar surface area (TPSA) is 38.7 Å². The molecule has 1 heterocycles. The summed E-state index contributed by atoms with van der Waals surface area (Å²) < 4.78 is 12.5. The summed E-state index contributed by atoms with van der Waals surface area (Å²) in [5.41, 5.74) is 5.78. The van der Waals surface area contributed by atoms with E-state index >= 15 is 0 Å². The average Bonchev–Trinajstić information content (AvgIpc) is 2.99. The van der Waals surface area contributed by atoms with Crippen LogP contribution in [0.15, 0.2) is 28.9 Å². The normalized spacial score (nSPS) is 32.4. The van der Waals surface area contributed by atoms with Crippen molar-refractivity contribution in [3.8, 4) is 0 Å². The fourth-order valence-electron chi connectivity index (χ4n) is 5.26. The molecule has 2 atom stereocenters. The molecule has 0 amide bonds. The highest BCUT2D eigenvalue weighted by Crippen LogP contribution is 2.57. The number of fused-ring (bicyclic) bond motifs is 1. The molecule has 1 aliphatic heterocycles. The van der Waals surface area contributed by atoms with Crippen molar-refractivity contribution in [1.82, 2.24) is 0 Å². The largest absolute Gasteiger partial charge is 0.487 e. The fourth-order valence-corrected chi connectivity index (χ4v) is 5.26. The molecule has 0 unspecified atom stereocenters. The van der Waals surface area contributed by atoms with Crippen LogP contribution < -0.4 is 0 Å². The van der Waals surface area contributed by atoms with Crippen molar-refractivity contribution in [3.63, 3.8) is 0 Å². The van der Waals surface area contributed by atoms with Crippen molar-refractivity contribution in [2.45, 2.75) is 117 Å². The summed E-state index contributed by atoms with van der Waals surface area (Å²) in [4.78, 5) is 0. The standard InChI is InChI=1S/C25H41BO3/c1-22(2,27)16-10-8-9-13-20-14-15-21-19(12-11-17-25(20,21)7)18-26-28-23(3,4)24(5,6)29-26/h9,18,21,27H,8,10-12,14-17H2,1-7H3/b19-18+/t13?,21-,25+/m0/s1. The third-order valence-electron chi connectivity index (χ3n) is 7.79. The molecule has 2 aliphatic carbocycles. The zero-order valence-electron chi connectivity index (χ0n) is 19.7. The van der Waals surface area contributed by atoms with Crippen LogP contribution in [-0.4, -0.2) is 29.0 Å². The molecule has 0 bridgehead atoms. The predicted molar refractivity (Wildman–Crippen MR) is 121 cm³/mol. The maximum atomic E-state index is 9.87. The number of hydrogen-bond acceptors (Lipinski definition) is 3. The van der Waals surface area contributed by atoms with Gasteiger partial charge in [-0.15, -0.1) is 5.73 Å². The first-order chi connectivity index (χ1) is 13.3. The van der Waals surface area contributed by atoms with Gasteiger partial charge in [-0.1, -0.05) is 18.5 Å². The van der Waals surface area contributed by atoms with E-state index in [1.165, 1.54) is 30.4 Å². The number of aliphatic hydroxyl groups is 1. The number of rotatable bonds is 5. The first kappa shape index (κ1) is 22.9. The molecule has 3 aliphatic rings. The summed E-state index contributed by atoms with van der Waals surface area (Å²) in [6.07, 6.45) is 11.0. The van der Waals surface area contributed by atoms with Crippen molar-refractivity contribution < 1.29 is 14.4 Å². The molecule has 3 nitrogen and oxygen atoms in total. The van der Waals surface area contributed by atoms with Crippen molar-refractivity contribution in [1.29, 1.82) is 0 Å². The van der Waals surface area contributed by atoms with E-state index < -0.39 is 5.60 Å². The Bertz CT molecular complexity index is 690. The van der Waals surface area contributed by atoms with Crippen molar-refractivity contribution >= 4 is 7.12 Å². The third kappa shape index (κ3) is 4.93. The fraction of sp³-hybridized carbons (Fsp3) is 0.800. The molecule has 4 heteroatoms. The van der Waals surface area contributed by atoms with Crippen LogP contribution in [0.1, 0.15) is 99.8 Å². The van der Waals surface area contributed by atoms with Gasteiger partial charge in [0.1, 0.15) is 0 Å². The highest BCUT2D eigenvalue weighted by atomic mass is 16.7. The summed E-state index contributed by atoms with van der Waals surface area (Å²) in [7, 11) is -0.234. The molecule has 0 aromatic heterocycles. The molecule has 1 N–H and O–H groups in total. The number of hydrogen-bond donors (Lipinski definition) is 1. The molecule has 0 radical (unpaired) electrons. The maximum Gasteiger partial charge on any atom is 0.487 e. The number of unbranched alkanes of at least 4 members (excludes halogenated alkanes) is 1. The van der Waals surface area contributed by atoms with Crippen molar-refractivity contribution in [3.05, 3.63) is 28.9 Å². The minimum Gasteiger partial charge on any atom is -0.400 e. The minimum absolute atomic E-state index is 0.223. The van der Waals surface area contributed by atoms with E-state index in [4.69, 9.17) is 9.31 Å².